The molecule has 0 amide bonds. The SMILES string of the molecule is COc1ccccc1[C@H](C)Nc1cccc(-c2ncn[nH]2)c1. The van der Waals surface area contributed by atoms with Crippen LogP contribution in [-0.4, -0.2) is 22.3 Å². The quantitative estimate of drug-likeness (QED) is 0.754. The number of benzene rings is 2. The van der Waals surface area contributed by atoms with Crippen molar-refractivity contribution in [2.75, 3.05) is 12.4 Å². The van der Waals surface area contributed by atoms with E-state index in [-0.39, 0.29) is 6.04 Å². The minimum atomic E-state index is 0.126. The Morgan fingerprint density at radius 1 is 1.14 bits per heavy atom. The first kappa shape index (κ1) is 14.1. The molecule has 0 aliphatic carbocycles. The van der Waals surface area contributed by atoms with Crippen LogP contribution in [0.15, 0.2) is 54.9 Å². The van der Waals surface area contributed by atoms with E-state index in [0.29, 0.717) is 0 Å². The Labute approximate surface area is 129 Å². The van der Waals surface area contributed by atoms with Gasteiger partial charge in [0.05, 0.1) is 13.2 Å². The molecule has 0 fully saturated rings. The van der Waals surface area contributed by atoms with Crippen LogP contribution in [0.3, 0.4) is 0 Å². The summed E-state index contributed by atoms with van der Waals surface area (Å²) < 4.78 is 5.42. The predicted octanol–water partition coefficient (Wildman–Crippen LogP) is 3.65. The molecular weight excluding hydrogens is 276 g/mol. The maximum Gasteiger partial charge on any atom is 0.155 e. The van der Waals surface area contributed by atoms with Crippen molar-refractivity contribution in [1.29, 1.82) is 0 Å². The molecule has 0 spiro atoms. The number of para-hydroxylation sites is 1. The lowest BCUT2D eigenvalue weighted by Gasteiger charge is -2.18. The van der Waals surface area contributed by atoms with Crippen LogP contribution >= 0.6 is 0 Å². The first-order valence-electron chi connectivity index (χ1n) is 7.13. The monoisotopic (exact) mass is 294 g/mol. The Kier molecular flexibility index (Phi) is 4.05. The zero-order valence-corrected chi connectivity index (χ0v) is 12.6. The lowest BCUT2D eigenvalue weighted by molar-refractivity contribution is 0.408. The van der Waals surface area contributed by atoms with Gasteiger partial charge in [-0.2, -0.15) is 5.10 Å². The molecule has 3 rings (SSSR count). The van der Waals surface area contributed by atoms with Crippen LogP contribution < -0.4 is 10.1 Å². The molecule has 0 aliphatic rings. The smallest absolute Gasteiger partial charge is 0.155 e. The van der Waals surface area contributed by atoms with Crippen molar-refractivity contribution in [3.8, 4) is 17.1 Å². The van der Waals surface area contributed by atoms with Crippen LogP contribution in [0.25, 0.3) is 11.4 Å². The third-order valence-corrected chi connectivity index (χ3v) is 3.54. The molecule has 2 N–H and O–H groups in total. The Morgan fingerprint density at radius 2 is 2.00 bits per heavy atom. The first-order valence-corrected chi connectivity index (χ1v) is 7.13. The van der Waals surface area contributed by atoms with Crippen LogP contribution in [0.5, 0.6) is 5.75 Å². The summed E-state index contributed by atoms with van der Waals surface area (Å²) in [6, 6.07) is 16.2. The molecule has 5 nitrogen and oxygen atoms in total. The standard InChI is InChI=1S/C17H18N4O/c1-12(15-8-3-4-9-16(15)22-2)20-14-7-5-6-13(10-14)17-18-11-19-21-17/h3-12,20H,1-2H3,(H,18,19,21)/t12-/m0/s1. The number of hydrogen-bond acceptors (Lipinski definition) is 4. The molecule has 22 heavy (non-hydrogen) atoms. The number of ether oxygens (including phenoxy) is 1. The highest BCUT2D eigenvalue weighted by Crippen LogP contribution is 2.28. The molecule has 1 atom stereocenters. The van der Waals surface area contributed by atoms with Crippen molar-refractivity contribution in [2.45, 2.75) is 13.0 Å². The van der Waals surface area contributed by atoms with Crippen LogP contribution in [0.1, 0.15) is 18.5 Å². The Morgan fingerprint density at radius 3 is 2.77 bits per heavy atom. The van der Waals surface area contributed by atoms with E-state index in [1.807, 2.05) is 42.5 Å². The van der Waals surface area contributed by atoms with Crippen molar-refractivity contribution < 1.29 is 4.74 Å². The van der Waals surface area contributed by atoms with Gasteiger partial charge in [-0.05, 0) is 25.1 Å². The minimum absolute atomic E-state index is 0.126. The highest BCUT2D eigenvalue weighted by molar-refractivity contribution is 5.62. The van der Waals surface area contributed by atoms with Crippen molar-refractivity contribution in [1.82, 2.24) is 15.2 Å². The van der Waals surface area contributed by atoms with E-state index < -0.39 is 0 Å². The van der Waals surface area contributed by atoms with E-state index in [9.17, 15) is 0 Å². The number of aromatic amines is 1. The Balaban J connectivity index is 1.82. The molecule has 1 heterocycles. The summed E-state index contributed by atoms with van der Waals surface area (Å²) in [6.07, 6.45) is 1.51. The summed E-state index contributed by atoms with van der Waals surface area (Å²) in [5.74, 6) is 1.64. The van der Waals surface area contributed by atoms with Gasteiger partial charge in [0.2, 0.25) is 0 Å². The number of aromatic nitrogens is 3. The first-order chi connectivity index (χ1) is 10.8. The third-order valence-electron chi connectivity index (χ3n) is 3.54. The van der Waals surface area contributed by atoms with Gasteiger partial charge in [0.1, 0.15) is 12.1 Å². The molecule has 1 aromatic heterocycles. The molecule has 0 bridgehead atoms. The summed E-state index contributed by atoms with van der Waals surface area (Å²) in [6.45, 7) is 2.11. The van der Waals surface area contributed by atoms with E-state index >= 15 is 0 Å². The van der Waals surface area contributed by atoms with E-state index in [2.05, 4.69) is 33.5 Å². The molecular formula is C17H18N4O. The van der Waals surface area contributed by atoms with E-state index in [4.69, 9.17) is 4.74 Å². The van der Waals surface area contributed by atoms with Gasteiger partial charge in [-0.25, -0.2) is 4.98 Å². The highest BCUT2D eigenvalue weighted by atomic mass is 16.5. The molecule has 0 radical (unpaired) electrons. The van der Waals surface area contributed by atoms with Crippen LogP contribution in [0, 0.1) is 0 Å². The molecule has 0 unspecified atom stereocenters. The van der Waals surface area contributed by atoms with Crippen molar-refractivity contribution in [3.05, 3.63) is 60.4 Å². The molecule has 2 aromatic carbocycles. The van der Waals surface area contributed by atoms with Gasteiger partial charge in [-0.15, -0.1) is 0 Å². The fourth-order valence-electron chi connectivity index (χ4n) is 2.45. The zero-order chi connectivity index (χ0) is 15.4. The average molecular weight is 294 g/mol. The molecule has 5 heteroatoms. The fourth-order valence-corrected chi connectivity index (χ4v) is 2.45. The van der Waals surface area contributed by atoms with Gasteiger partial charge in [-0.1, -0.05) is 30.3 Å². The number of methoxy groups -OCH3 is 1. The Bertz CT molecular complexity index is 740. The maximum absolute atomic E-state index is 5.42. The van der Waals surface area contributed by atoms with Crippen molar-refractivity contribution in [2.24, 2.45) is 0 Å². The van der Waals surface area contributed by atoms with Crippen LogP contribution in [-0.2, 0) is 0 Å². The van der Waals surface area contributed by atoms with E-state index in [1.54, 1.807) is 7.11 Å². The lowest BCUT2D eigenvalue weighted by atomic mass is 10.1. The summed E-state index contributed by atoms with van der Waals surface area (Å²) >= 11 is 0. The summed E-state index contributed by atoms with van der Waals surface area (Å²) in [4.78, 5) is 4.18. The van der Waals surface area contributed by atoms with Gasteiger partial charge >= 0.3 is 0 Å². The number of rotatable bonds is 5. The van der Waals surface area contributed by atoms with Gasteiger partial charge in [0.15, 0.2) is 5.82 Å². The molecule has 112 valence electrons. The van der Waals surface area contributed by atoms with E-state index in [1.165, 1.54) is 6.33 Å². The maximum atomic E-state index is 5.42. The normalized spacial score (nSPS) is 11.9. The van der Waals surface area contributed by atoms with E-state index in [0.717, 1.165) is 28.4 Å². The van der Waals surface area contributed by atoms with Crippen LogP contribution in [0.2, 0.25) is 0 Å². The van der Waals surface area contributed by atoms with Crippen molar-refractivity contribution >= 4 is 5.69 Å². The second kappa shape index (κ2) is 6.30. The molecule has 0 saturated heterocycles. The molecule has 0 saturated carbocycles. The van der Waals surface area contributed by atoms with Crippen LogP contribution in [0.4, 0.5) is 5.69 Å². The van der Waals surface area contributed by atoms with Gasteiger partial charge in [0.25, 0.3) is 0 Å². The second-order valence-corrected chi connectivity index (χ2v) is 5.02. The summed E-state index contributed by atoms with van der Waals surface area (Å²) in [7, 11) is 1.69. The number of anilines is 1. The zero-order valence-electron chi connectivity index (χ0n) is 12.6. The topological polar surface area (TPSA) is 62.8 Å². The summed E-state index contributed by atoms with van der Waals surface area (Å²) in [5.41, 5.74) is 3.14. The second-order valence-electron chi connectivity index (χ2n) is 5.02. The number of H-pyrrole nitrogens is 1. The Hall–Kier alpha value is -2.82. The van der Waals surface area contributed by atoms with Gasteiger partial charge < -0.3 is 10.1 Å². The molecule has 0 aliphatic heterocycles. The van der Waals surface area contributed by atoms with Gasteiger partial charge in [0, 0.05) is 16.8 Å². The number of nitrogens with one attached hydrogen (secondary N) is 2. The van der Waals surface area contributed by atoms with Gasteiger partial charge in [-0.3, -0.25) is 5.10 Å². The fraction of sp³-hybridized carbons (Fsp3) is 0.176. The molecule has 3 aromatic rings. The predicted molar refractivity (Wildman–Crippen MR) is 86.9 cm³/mol. The largest absolute Gasteiger partial charge is 0.496 e. The highest BCUT2D eigenvalue weighted by Gasteiger charge is 2.11. The number of hydrogen-bond donors (Lipinski definition) is 2. The minimum Gasteiger partial charge on any atom is -0.496 e. The average Bonchev–Trinajstić information content (AvgIpc) is 3.09. The number of nitrogens with zero attached hydrogens (tertiary/aromatic N) is 2. The summed E-state index contributed by atoms with van der Waals surface area (Å²) in [5, 5.41) is 10.3. The van der Waals surface area contributed by atoms with Crippen molar-refractivity contribution in [3.63, 3.8) is 0 Å². The lowest BCUT2D eigenvalue weighted by Crippen LogP contribution is -2.08. The third kappa shape index (κ3) is 2.93.